The van der Waals surface area contributed by atoms with E-state index >= 15 is 0 Å². The first kappa shape index (κ1) is 17.6. The third-order valence-electron chi connectivity index (χ3n) is 5.56. The normalized spacial score (nSPS) is 15.4. The maximum atomic E-state index is 13.1. The van der Waals surface area contributed by atoms with Crippen molar-refractivity contribution in [3.63, 3.8) is 0 Å². The number of carbonyl (C=O) groups excluding carboxylic acids is 2. The van der Waals surface area contributed by atoms with E-state index in [1.807, 2.05) is 42.2 Å². The molecule has 2 amide bonds. The fourth-order valence-corrected chi connectivity index (χ4v) is 3.93. The van der Waals surface area contributed by atoms with Crippen molar-refractivity contribution >= 4 is 33.6 Å². The van der Waals surface area contributed by atoms with Gasteiger partial charge in [-0.2, -0.15) is 0 Å². The summed E-state index contributed by atoms with van der Waals surface area (Å²) in [6, 6.07) is 12.2. The Labute approximate surface area is 158 Å². The molecule has 5 heteroatoms. The summed E-state index contributed by atoms with van der Waals surface area (Å²) in [6.45, 7) is 5.57. The number of rotatable bonds is 3. The van der Waals surface area contributed by atoms with Crippen molar-refractivity contribution in [2.24, 2.45) is 5.92 Å². The van der Waals surface area contributed by atoms with Gasteiger partial charge in [0, 0.05) is 42.9 Å². The van der Waals surface area contributed by atoms with E-state index in [0.717, 1.165) is 40.1 Å². The van der Waals surface area contributed by atoms with E-state index in [1.165, 1.54) is 6.92 Å². The molecular formula is C22H24N2O3. The molecule has 1 fully saturated rings. The largest absolute Gasteiger partial charge is 0.450 e. The van der Waals surface area contributed by atoms with Crippen LogP contribution >= 0.6 is 0 Å². The van der Waals surface area contributed by atoms with Crippen LogP contribution in [0.15, 0.2) is 40.8 Å². The van der Waals surface area contributed by atoms with Crippen LogP contribution in [0.1, 0.15) is 35.9 Å². The van der Waals surface area contributed by atoms with Crippen molar-refractivity contribution in [2.75, 3.05) is 19.6 Å². The molecule has 1 aromatic heterocycles. The number of benzene rings is 2. The minimum absolute atomic E-state index is 0.00127. The molecule has 0 atom stereocenters. The number of furan rings is 1. The number of nitrogens with one attached hydrogen (secondary N) is 1. The van der Waals surface area contributed by atoms with Gasteiger partial charge >= 0.3 is 0 Å². The Balaban J connectivity index is 1.56. The summed E-state index contributed by atoms with van der Waals surface area (Å²) in [5, 5.41) is 6.01. The molecule has 0 aliphatic carbocycles. The smallest absolute Gasteiger partial charge is 0.289 e. The van der Waals surface area contributed by atoms with Crippen molar-refractivity contribution in [3.8, 4) is 0 Å². The van der Waals surface area contributed by atoms with Gasteiger partial charge in [0.1, 0.15) is 5.58 Å². The van der Waals surface area contributed by atoms with Gasteiger partial charge in [-0.3, -0.25) is 9.59 Å². The Kier molecular flexibility index (Phi) is 4.60. The van der Waals surface area contributed by atoms with Crippen LogP contribution in [0.2, 0.25) is 0 Å². The number of likely N-dealkylation sites (tertiary alicyclic amines) is 1. The second-order valence-electron chi connectivity index (χ2n) is 7.39. The average molecular weight is 364 g/mol. The SMILES string of the molecule is CC(=O)NCC1CCN(C(=O)c2oc3c(ccc4ccccc43)c2C)CC1. The molecule has 3 aromatic rings. The van der Waals surface area contributed by atoms with Crippen LogP contribution in [0.5, 0.6) is 0 Å². The van der Waals surface area contributed by atoms with Crippen molar-refractivity contribution in [1.29, 1.82) is 0 Å². The molecule has 27 heavy (non-hydrogen) atoms. The Morgan fingerprint density at radius 2 is 1.85 bits per heavy atom. The topological polar surface area (TPSA) is 62.6 Å². The van der Waals surface area contributed by atoms with Gasteiger partial charge in [0.15, 0.2) is 5.76 Å². The quantitative estimate of drug-likeness (QED) is 0.767. The number of nitrogens with zero attached hydrogens (tertiary/aromatic N) is 1. The molecular weight excluding hydrogens is 340 g/mol. The lowest BCUT2D eigenvalue weighted by molar-refractivity contribution is -0.119. The Morgan fingerprint density at radius 1 is 1.11 bits per heavy atom. The highest BCUT2D eigenvalue weighted by molar-refractivity contribution is 6.08. The standard InChI is InChI=1S/C22H24N2O3/c1-14-18-8-7-17-5-3-4-6-19(17)21(18)27-20(14)22(26)24-11-9-16(10-12-24)13-23-15(2)25/h3-8,16H,9-13H2,1-2H3,(H,23,25). The van der Waals surface area contributed by atoms with E-state index in [1.54, 1.807) is 0 Å². The molecule has 0 radical (unpaired) electrons. The minimum atomic E-state index is -0.0363. The lowest BCUT2D eigenvalue weighted by atomic mass is 9.96. The third kappa shape index (κ3) is 3.29. The monoisotopic (exact) mass is 364 g/mol. The molecule has 1 aliphatic rings. The lowest BCUT2D eigenvalue weighted by Crippen LogP contribution is -2.41. The summed E-state index contributed by atoms with van der Waals surface area (Å²) in [5.41, 5.74) is 1.69. The molecule has 140 valence electrons. The van der Waals surface area contributed by atoms with Crippen LogP contribution in [0.25, 0.3) is 21.7 Å². The summed E-state index contributed by atoms with van der Waals surface area (Å²) in [5.74, 6) is 0.838. The van der Waals surface area contributed by atoms with Crippen LogP contribution in [-0.4, -0.2) is 36.3 Å². The molecule has 2 heterocycles. The molecule has 2 aromatic carbocycles. The number of fused-ring (bicyclic) bond motifs is 3. The van der Waals surface area contributed by atoms with Crippen molar-refractivity contribution < 1.29 is 14.0 Å². The predicted octanol–water partition coefficient (Wildman–Crippen LogP) is 3.88. The van der Waals surface area contributed by atoms with Gasteiger partial charge < -0.3 is 14.6 Å². The van der Waals surface area contributed by atoms with Crippen molar-refractivity contribution in [3.05, 3.63) is 47.7 Å². The average Bonchev–Trinajstić information content (AvgIpc) is 3.03. The van der Waals surface area contributed by atoms with E-state index in [0.29, 0.717) is 31.3 Å². The molecule has 1 N–H and O–H groups in total. The van der Waals surface area contributed by atoms with Gasteiger partial charge in [-0.25, -0.2) is 0 Å². The summed E-state index contributed by atoms with van der Waals surface area (Å²) >= 11 is 0. The fraction of sp³-hybridized carbons (Fsp3) is 0.364. The summed E-state index contributed by atoms with van der Waals surface area (Å²) in [4.78, 5) is 26.0. The molecule has 1 saturated heterocycles. The highest BCUT2D eigenvalue weighted by atomic mass is 16.3. The zero-order chi connectivity index (χ0) is 19.0. The number of amides is 2. The number of aryl methyl sites for hydroxylation is 1. The third-order valence-corrected chi connectivity index (χ3v) is 5.56. The summed E-state index contributed by atoms with van der Waals surface area (Å²) < 4.78 is 6.08. The number of hydrogen-bond acceptors (Lipinski definition) is 3. The van der Waals surface area contributed by atoms with Gasteiger partial charge in [0.05, 0.1) is 0 Å². The van der Waals surface area contributed by atoms with E-state index in [9.17, 15) is 9.59 Å². The molecule has 0 bridgehead atoms. The van der Waals surface area contributed by atoms with E-state index in [2.05, 4.69) is 11.4 Å². The summed E-state index contributed by atoms with van der Waals surface area (Å²) in [6.07, 6.45) is 1.79. The summed E-state index contributed by atoms with van der Waals surface area (Å²) in [7, 11) is 0. The van der Waals surface area contributed by atoms with Gasteiger partial charge in [-0.15, -0.1) is 0 Å². The molecule has 0 spiro atoms. The first-order valence-corrected chi connectivity index (χ1v) is 9.49. The van der Waals surface area contributed by atoms with Gasteiger partial charge in [0.25, 0.3) is 5.91 Å². The molecule has 5 nitrogen and oxygen atoms in total. The maximum absolute atomic E-state index is 13.1. The van der Waals surface area contributed by atoms with Crippen molar-refractivity contribution in [2.45, 2.75) is 26.7 Å². The maximum Gasteiger partial charge on any atom is 0.289 e. The number of piperidine rings is 1. The van der Waals surface area contributed by atoms with Gasteiger partial charge in [0.2, 0.25) is 5.91 Å². The lowest BCUT2D eigenvalue weighted by Gasteiger charge is -2.31. The first-order chi connectivity index (χ1) is 13.0. The van der Waals surface area contributed by atoms with Crippen LogP contribution in [0.4, 0.5) is 0 Å². The van der Waals surface area contributed by atoms with Crippen LogP contribution < -0.4 is 5.32 Å². The zero-order valence-corrected chi connectivity index (χ0v) is 15.7. The van der Waals surface area contributed by atoms with E-state index < -0.39 is 0 Å². The van der Waals surface area contributed by atoms with Gasteiger partial charge in [-0.05, 0) is 31.1 Å². The second kappa shape index (κ2) is 7.06. The molecule has 1 aliphatic heterocycles. The van der Waals surface area contributed by atoms with Gasteiger partial charge in [-0.1, -0.05) is 36.4 Å². The predicted molar refractivity (Wildman–Crippen MR) is 106 cm³/mol. The molecule has 4 rings (SSSR count). The van der Waals surface area contributed by atoms with E-state index in [-0.39, 0.29) is 11.8 Å². The van der Waals surface area contributed by atoms with Crippen molar-refractivity contribution in [1.82, 2.24) is 10.2 Å². The highest BCUT2D eigenvalue weighted by Gasteiger charge is 2.28. The van der Waals surface area contributed by atoms with Crippen LogP contribution in [-0.2, 0) is 4.79 Å². The minimum Gasteiger partial charge on any atom is -0.450 e. The zero-order valence-electron chi connectivity index (χ0n) is 15.7. The first-order valence-electron chi connectivity index (χ1n) is 9.49. The number of carbonyl (C=O) groups is 2. The Morgan fingerprint density at radius 3 is 2.59 bits per heavy atom. The molecule has 0 unspecified atom stereocenters. The highest BCUT2D eigenvalue weighted by Crippen LogP contribution is 2.32. The number of hydrogen-bond donors (Lipinski definition) is 1. The van der Waals surface area contributed by atoms with E-state index in [4.69, 9.17) is 4.42 Å². The van der Waals surface area contributed by atoms with Crippen LogP contribution in [0, 0.1) is 12.8 Å². The Hall–Kier alpha value is -2.82. The Bertz CT molecular complexity index is 1010. The second-order valence-corrected chi connectivity index (χ2v) is 7.39. The fourth-order valence-electron chi connectivity index (χ4n) is 3.93. The van der Waals surface area contributed by atoms with Crippen LogP contribution in [0.3, 0.4) is 0 Å². The molecule has 0 saturated carbocycles.